The fraction of sp³-hybridized carbons (Fsp3) is 0.643. The van der Waals surface area contributed by atoms with Gasteiger partial charge < -0.3 is 10.6 Å². The van der Waals surface area contributed by atoms with Crippen LogP contribution in [0.5, 0.6) is 0 Å². The minimum absolute atomic E-state index is 0. The number of thiophene rings is 1. The molecule has 2 heterocycles. The van der Waals surface area contributed by atoms with Crippen molar-refractivity contribution < 1.29 is 4.79 Å². The van der Waals surface area contributed by atoms with Crippen LogP contribution in [-0.4, -0.2) is 25.5 Å². The number of hydrogen-bond acceptors (Lipinski definition) is 3. The Balaban J connectivity index is 0.00000200. The molecule has 1 fully saturated rings. The predicted octanol–water partition coefficient (Wildman–Crippen LogP) is 3.37. The Hall–Kier alpha value is -0.100. The summed E-state index contributed by atoms with van der Waals surface area (Å²) in [5.74, 6) is 0.949. The summed E-state index contributed by atoms with van der Waals surface area (Å²) >= 11 is 5.21. The van der Waals surface area contributed by atoms with Crippen molar-refractivity contribution in [1.82, 2.24) is 10.6 Å². The number of aryl methyl sites for hydroxylation is 1. The maximum absolute atomic E-state index is 11.7. The number of carbonyl (C=O) groups excluding carboxylic acids is 1. The van der Waals surface area contributed by atoms with E-state index in [2.05, 4.69) is 38.7 Å². The lowest BCUT2D eigenvalue weighted by molar-refractivity contribution is -0.121. The van der Waals surface area contributed by atoms with E-state index in [-0.39, 0.29) is 18.3 Å². The van der Waals surface area contributed by atoms with Gasteiger partial charge in [-0.3, -0.25) is 4.79 Å². The van der Waals surface area contributed by atoms with E-state index in [9.17, 15) is 4.79 Å². The molecule has 0 radical (unpaired) electrons. The third kappa shape index (κ3) is 6.57. The largest absolute Gasteiger partial charge is 0.356 e. The zero-order valence-corrected chi connectivity index (χ0v) is 14.7. The maximum Gasteiger partial charge on any atom is 0.220 e. The number of nitrogens with one attached hydrogen (secondary N) is 2. The second kappa shape index (κ2) is 9.77. The summed E-state index contributed by atoms with van der Waals surface area (Å²) < 4.78 is 1.16. The summed E-state index contributed by atoms with van der Waals surface area (Å²) in [7, 11) is 0. The molecule has 1 amide bonds. The Bertz CT molecular complexity index is 408. The van der Waals surface area contributed by atoms with Gasteiger partial charge in [0.2, 0.25) is 5.91 Å². The molecule has 1 atom stereocenters. The smallest absolute Gasteiger partial charge is 0.220 e. The number of amides is 1. The molecule has 0 aromatic carbocycles. The average Bonchev–Trinajstić information content (AvgIpc) is 3.01. The van der Waals surface area contributed by atoms with Gasteiger partial charge in [-0.25, -0.2) is 0 Å². The van der Waals surface area contributed by atoms with Gasteiger partial charge in [-0.2, -0.15) is 0 Å². The monoisotopic (exact) mass is 380 g/mol. The summed E-state index contributed by atoms with van der Waals surface area (Å²) in [6.45, 7) is 3.08. The molecule has 1 unspecified atom stereocenters. The highest BCUT2D eigenvalue weighted by Gasteiger charge is 2.13. The fourth-order valence-corrected chi connectivity index (χ4v) is 3.90. The van der Waals surface area contributed by atoms with Crippen LogP contribution in [0, 0.1) is 5.92 Å². The van der Waals surface area contributed by atoms with Crippen molar-refractivity contribution in [2.24, 2.45) is 5.92 Å². The Morgan fingerprint density at radius 2 is 2.35 bits per heavy atom. The molecule has 2 N–H and O–H groups in total. The van der Waals surface area contributed by atoms with Gasteiger partial charge in [0.1, 0.15) is 0 Å². The van der Waals surface area contributed by atoms with E-state index in [0.29, 0.717) is 6.42 Å². The van der Waals surface area contributed by atoms with Gasteiger partial charge in [-0.05, 0) is 72.8 Å². The second-order valence-electron chi connectivity index (χ2n) is 5.06. The number of halogens is 2. The van der Waals surface area contributed by atoms with Gasteiger partial charge >= 0.3 is 0 Å². The van der Waals surface area contributed by atoms with Crippen molar-refractivity contribution in [2.45, 2.75) is 32.1 Å². The van der Waals surface area contributed by atoms with Crippen LogP contribution in [0.25, 0.3) is 0 Å². The van der Waals surface area contributed by atoms with Gasteiger partial charge in [0.25, 0.3) is 0 Å². The topological polar surface area (TPSA) is 41.1 Å². The van der Waals surface area contributed by atoms with Crippen molar-refractivity contribution in [3.8, 4) is 0 Å². The molecule has 1 aliphatic rings. The van der Waals surface area contributed by atoms with Crippen LogP contribution in [-0.2, 0) is 11.2 Å². The molecule has 6 heteroatoms. The Morgan fingerprint density at radius 3 is 3.00 bits per heavy atom. The summed E-state index contributed by atoms with van der Waals surface area (Å²) in [6.07, 6.45) is 4.93. The van der Waals surface area contributed by atoms with Crippen LogP contribution in [0.2, 0.25) is 0 Å². The van der Waals surface area contributed by atoms with E-state index < -0.39 is 0 Å². The van der Waals surface area contributed by atoms with E-state index in [1.165, 1.54) is 11.3 Å². The lowest BCUT2D eigenvalue weighted by atomic mass is 10.1. The van der Waals surface area contributed by atoms with Crippen molar-refractivity contribution in [1.29, 1.82) is 0 Å². The normalized spacial score (nSPS) is 17.8. The number of rotatable bonds is 7. The summed E-state index contributed by atoms with van der Waals surface area (Å²) in [5, 5.41) is 6.38. The van der Waals surface area contributed by atoms with Crippen molar-refractivity contribution in [3.63, 3.8) is 0 Å². The van der Waals surface area contributed by atoms with Crippen LogP contribution in [0.1, 0.15) is 30.6 Å². The first kappa shape index (κ1) is 18.0. The summed E-state index contributed by atoms with van der Waals surface area (Å²) in [6, 6.07) is 4.19. The lowest BCUT2D eigenvalue weighted by Crippen LogP contribution is -2.26. The molecule has 0 saturated carbocycles. The van der Waals surface area contributed by atoms with E-state index in [4.69, 9.17) is 0 Å². The molecule has 1 aliphatic heterocycles. The lowest BCUT2D eigenvalue weighted by Gasteiger charge is -2.09. The van der Waals surface area contributed by atoms with E-state index in [1.54, 1.807) is 11.3 Å². The number of carbonyl (C=O) groups is 1. The third-order valence-electron chi connectivity index (χ3n) is 3.49. The first-order valence-electron chi connectivity index (χ1n) is 6.95. The molecule has 2 rings (SSSR count). The zero-order chi connectivity index (χ0) is 13.5. The van der Waals surface area contributed by atoms with Crippen molar-refractivity contribution >= 4 is 45.6 Å². The van der Waals surface area contributed by atoms with Crippen molar-refractivity contribution in [3.05, 3.63) is 20.8 Å². The predicted molar refractivity (Wildman–Crippen MR) is 90.8 cm³/mol. The molecular weight excluding hydrogens is 360 g/mol. The third-order valence-corrected chi connectivity index (χ3v) is 5.18. The van der Waals surface area contributed by atoms with Crippen LogP contribution in [0.15, 0.2) is 15.9 Å². The van der Waals surface area contributed by atoms with Gasteiger partial charge in [0.05, 0.1) is 3.79 Å². The van der Waals surface area contributed by atoms with Crippen molar-refractivity contribution in [2.75, 3.05) is 19.6 Å². The van der Waals surface area contributed by atoms with Gasteiger partial charge in [-0.1, -0.05) is 0 Å². The minimum atomic E-state index is 0. The molecule has 114 valence electrons. The molecule has 1 aromatic rings. The Labute approximate surface area is 139 Å². The van der Waals surface area contributed by atoms with Gasteiger partial charge in [0, 0.05) is 17.8 Å². The molecule has 1 aromatic heterocycles. The Morgan fingerprint density at radius 1 is 1.50 bits per heavy atom. The fourth-order valence-electron chi connectivity index (χ4n) is 2.37. The first-order chi connectivity index (χ1) is 9.24. The molecular formula is C14H22BrClN2OS. The molecule has 3 nitrogen and oxygen atoms in total. The molecule has 1 saturated heterocycles. The second-order valence-corrected chi connectivity index (χ2v) is 7.60. The van der Waals surface area contributed by atoms with Gasteiger partial charge in [-0.15, -0.1) is 23.7 Å². The highest BCUT2D eigenvalue weighted by molar-refractivity contribution is 9.11. The quantitative estimate of drug-likeness (QED) is 0.760. The highest BCUT2D eigenvalue weighted by Crippen LogP contribution is 2.23. The SMILES string of the molecule is Cl.O=C(CCCc1ccc(Br)s1)NCCC1CCNC1. The van der Waals surface area contributed by atoms with Crippen LogP contribution < -0.4 is 10.6 Å². The summed E-state index contributed by atoms with van der Waals surface area (Å²) in [4.78, 5) is 13.0. The molecule has 0 aliphatic carbocycles. The maximum atomic E-state index is 11.7. The molecule has 20 heavy (non-hydrogen) atoms. The van der Waals surface area contributed by atoms with E-state index in [0.717, 1.165) is 48.6 Å². The molecule has 0 spiro atoms. The Kier molecular flexibility index (Phi) is 8.77. The van der Waals surface area contributed by atoms with Crippen LogP contribution >= 0.6 is 39.7 Å². The average molecular weight is 382 g/mol. The zero-order valence-electron chi connectivity index (χ0n) is 11.5. The van der Waals surface area contributed by atoms with E-state index in [1.807, 2.05) is 0 Å². The highest BCUT2D eigenvalue weighted by atomic mass is 79.9. The summed E-state index contributed by atoms with van der Waals surface area (Å²) in [5.41, 5.74) is 0. The standard InChI is InChI=1S/C14H21BrN2OS.ClH/c15-13-5-4-12(19-13)2-1-3-14(18)17-9-7-11-6-8-16-10-11;/h4-5,11,16H,1-3,6-10H2,(H,17,18);1H. The van der Waals surface area contributed by atoms with Gasteiger partial charge in [0.15, 0.2) is 0 Å². The van der Waals surface area contributed by atoms with Crippen LogP contribution in [0.4, 0.5) is 0 Å². The molecule has 0 bridgehead atoms. The first-order valence-corrected chi connectivity index (χ1v) is 8.56. The number of hydrogen-bond donors (Lipinski definition) is 2. The van der Waals surface area contributed by atoms with E-state index >= 15 is 0 Å². The van der Waals surface area contributed by atoms with Crippen LogP contribution in [0.3, 0.4) is 0 Å². The minimum Gasteiger partial charge on any atom is -0.356 e.